The summed E-state index contributed by atoms with van der Waals surface area (Å²) >= 11 is 0. The summed E-state index contributed by atoms with van der Waals surface area (Å²) in [6, 6.07) is 114. The standard InChI is InChI=1S/C78H51N/c1-3-15-52(16-4-1)62-45-64(49-65(46-62)59-37-31-56(32-38-59)61-41-44-73-71-21-8-7-19-69(71)70-20-9-10-22-72(70)76(73)51-61)57-33-27-54(28-34-57)55-29-35-58(36-30-55)66-47-63(53-17-5-2-6-18-53)48-67(50-66)60-39-42-68(43-40-60)79-77-25-13-11-23-74(77)75-24-12-14-26-78(75)79/h1-51H. The molecule has 0 saturated heterocycles. The molecule has 368 valence electrons. The van der Waals surface area contributed by atoms with Crippen molar-refractivity contribution in [1.29, 1.82) is 0 Å². The van der Waals surface area contributed by atoms with Crippen LogP contribution in [0.25, 0.3) is 149 Å². The fraction of sp³-hybridized carbons (Fsp3) is 0. The van der Waals surface area contributed by atoms with E-state index < -0.39 is 0 Å². The molecule has 0 N–H and O–H groups in total. The van der Waals surface area contributed by atoms with Crippen LogP contribution < -0.4 is 0 Å². The van der Waals surface area contributed by atoms with Crippen LogP contribution >= 0.6 is 0 Å². The molecule has 0 fully saturated rings. The average molecular weight is 1000 g/mol. The molecule has 1 heteroatoms. The lowest BCUT2D eigenvalue weighted by atomic mass is 9.90. The number of nitrogens with zero attached hydrogens (tertiary/aromatic N) is 1. The molecule has 15 rings (SSSR count). The molecule has 0 radical (unpaired) electrons. The number of para-hydroxylation sites is 2. The Hall–Kier alpha value is -10.3. The lowest BCUT2D eigenvalue weighted by Crippen LogP contribution is -1.93. The van der Waals surface area contributed by atoms with Gasteiger partial charge in [0, 0.05) is 16.5 Å². The highest BCUT2D eigenvalue weighted by Gasteiger charge is 2.15. The van der Waals surface area contributed by atoms with E-state index >= 15 is 0 Å². The van der Waals surface area contributed by atoms with Crippen molar-refractivity contribution >= 4 is 54.1 Å². The molecule has 79 heavy (non-hydrogen) atoms. The molecule has 0 unspecified atom stereocenters. The van der Waals surface area contributed by atoms with Crippen LogP contribution in [0.15, 0.2) is 309 Å². The van der Waals surface area contributed by atoms with Crippen molar-refractivity contribution in [1.82, 2.24) is 4.57 Å². The third kappa shape index (κ3) is 8.37. The zero-order valence-electron chi connectivity index (χ0n) is 43.4. The van der Waals surface area contributed by atoms with Gasteiger partial charge < -0.3 is 4.57 Å². The van der Waals surface area contributed by atoms with Gasteiger partial charge in [-0.15, -0.1) is 0 Å². The second kappa shape index (κ2) is 19.3. The van der Waals surface area contributed by atoms with E-state index in [4.69, 9.17) is 0 Å². The van der Waals surface area contributed by atoms with Crippen molar-refractivity contribution in [2.75, 3.05) is 0 Å². The number of aromatic nitrogens is 1. The Morgan fingerprint density at radius 3 is 0.747 bits per heavy atom. The fourth-order valence-corrected chi connectivity index (χ4v) is 12.2. The third-order valence-corrected chi connectivity index (χ3v) is 16.2. The van der Waals surface area contributed by atoms with Gasteiger partial charge in [-0.05, 0) is 188 Å². The first-order valence-corrected chi connectivity index (χ1v) is 27.3. The van der Waals surface area contributed by atoms with Gasteiger partial charge in [-0.2, -0.15) is 0 Å². The van der Waals surface area contributed by atoms with Gasteiger partial charge in [0.2, 0.25) is 0 Å². The van der Waals surface area contributed by atoms with Gasteiger partial charge in [-0.25, -0.2) is 0 Å². The second-order valence-corrected chi connectivity index (χ2v) is 20.8. The highest BCUT2D eigenvalue weighted by Crippen LogP contribution is 2.41. The Morgan fingerprint density at radius 1 is 0.139 bits per heavy atom. The van der Waals surface area contributed by atoms with Crippen LogP contribution in [0, 0.1) is 0 Å². The highest BCUT2D eigenvalue weighted by atomic mass is 15.0. The molecule has 0 aliphatic rings. The molecule has 0 saturated carbocycles. The summed E-state index contributed by atoms with van der Waals surface area (Å²) in [4.78, 5) is 0. The highest BCUT2D eigenvalue weighted by molar-refractivity contribution is 6.25. The quantitative estimate of drug-likeness (QED) is 0.127. The Kier molecular flexibility index (Phi) is 11.3. The molecule has 0 aliphatic carbocycles. The number of hydrogen-bond acceptors (Lipinski definition) is 0. The largest absolute Gasteiger partial charge is 0.309 e. The number of fused-ring (bicyclic) bond motifs is 9. The van der Waals surface area contributed by atoms with E-state index in [1.54, 1.807) is 0 Å². The molecule has 14 aromatic carbocycles. The summed E-state index contributed by atoms with van der Waals surface area (Å²) in [5.41, 5.74) is 22.6. The Balaban J connectivity index is 0.726. The molecule has 0 spiro atoms. The van der Waals surface area contributed by atoms with Gasteiger partial charge in [0.05, 0.1) is 11.0 Å². The predicted molar refractivity (Wildman–Crippen MR) is 337 cm³/mol. The number of rotatable bonds is 9. The lowest BCUT2D eigenvalue weighted by Gasteiger charge is -2.14. The van der Waals surface area contributed by atoms with E-state index in [0.717, 1.165) is 5.69 Å². The predicted octanol–water partition coefficient (Wildman–Crippen LogP) is 21.6. The molecule has 1 aromatic heterocycles. The monoisotopic (exact) mass is 1000 g/mol. The minimum atomic E-state index is 1.15. The number of benzene rings is 14. The van der Waals surface area contributed by atoms with Gasteiger partial charge >= 0.3 is 0 Å². The van der Waals surface area contributed by atoms with Gasteiger partial charge in [-0.3, -0.25) is 0 Å². The minimum absolute atomic E-state index is 1.15. The van der Waals surface area contributed by atoms with Crippen LogP contribution in [0.5, 0.6) is 0 Å². The summed E-state index contributed by atoms with van der Waals surface area (Å²) < 4.78 is 2.38. The van der Waals surface area contributed by atoms with Crippen molar-refractivity contribution < 1.29 is 0 Å². The van der Waals surface area contributed by atoms with Crippen molar-refractivity contribution in [3.05, 3.63) is 309 Å². The molecular weight excluding hydrogens is 951 g/mol. The van der Waals surface area contributed by atoms with Crippen LogP contribution in [0.3, 0.4) is 0 Å². The summed E-state index contributed by atoms with van der Waals surface area (Å²) in [7, 11) is 0. The third-order valence-electron chi connectivity index (χ3n) is 16.2. The van der Waals surface area contributed by atoms with Crippen LogP contribution in [-0.4, -0.2) is 4.57 Å². The Morgan fingerprint density at radius 2 is 0.380 bits per heavy atom. The van der Waals surface area contributed by atoms with Gasteiger partial charge in [-0.1, -0.05) is 243 Å². The molecule has 1 heterocycles. The maximum atomic E-state index is 2.38. The van der Waals surface area contributed by atoms with Crippen molar-refractivity contribution in [2.24, 2.45) is 0 Å². The Labute approximate surface area is 460 Å². The van der Waals surface area contributed by atoms with Crippen molar-refractivity contribution in [3.8, 4) is 94.7 Å². The van der Waals surface area contributed by atoms with E-state index in [9.17, 15) is 0 Å². The molecule has 1 nitrogen and oxygen atoms in total. The van der Waals surface area contributed by atoms with Crippen molar-refractivity contribution in [3.63, 3.8) is 0 Å². The lowest BCUT2D eigenvalue weighted by molar-refractivity contribution is 1.18. The maximum Gasteiger partial charge on any atom is 0.0541 e. The SMILES string of the molecule is c1ccc(-c2cc(-c3ccc(-c4ccc(-c5cc(-c6ccccc6)cc(-c6ccc(-n7c8ccccc8c8ccccc87)cc6)c5)cc4)cc3)cc(-c3ccc(-c4ccc5c6ccccc6c6ccccc6c5c4)cc3)c2)cc1. The fourth-order valence-electron chi connectivity index (χ4n) is 12.2. The average Bonchev–Trinajstić information content (AvgIpc) is 4.05. The topological polar surface area (TPSA) is 4.93 Å². The molecule has 0 atom stereocenters. The van der Waals surface area contributed by atoms with Gasteiger partial charge in [0.1, 0.15) is 0 Å². The van der Waals surface area contributed by atoms with Crippen molar-refractivity contribution in [2.45, 2.75) is 0 Å². The summed E-state index contributed by atoms with van der Waals surface area (Å²) in [5.74, 6) is 0. The summed E-state index contributed by atoms with van der Waals surface area (Å²) in [6.45, 7) is 0. The maximum absolute atomic E-state index is 2.38. The van der Waals surface area contributed by atoms with Crippen LogP contribution in [-0.2, 0) is 0 Å². The van der Waals surface area contributed by atoms with Crippen LogP contribution in [0.4, 0.5) is 0 Å². The smallest absolute Gasteiger partial charge is 0.0541 e. The van der Waals surface area contributed by atoms with E-state index in [1.807, 2.05) is 0 Å². The molecule has 0 bridgehead atoms. The van der Waals surface area contributed by atoms with Gasteiger partial charge in [0.15, 0.2) is 0 Å². The van der Waals surface area contributed by atoms with E-state index in [0.29, 0.717) is 0 Å². The molecule has 15 aromatic rings. The first-order chi connectivity index (χ1) is 39.1. The van der Waals surface area contributed by atoms with Crippen LogP contribution in [0.2, 0.25) is 0 Å². The minimum Gasteiger partial charge on any atom is -0.309 e. The molecular formula is C78H51N. The number of hydrogen-bond donors (Lipinski definition) is 0. The molecule has 0 amide bonds. The zero-order chi connectivity index (χ0) is 52.2. The first kappa shape index (κ1) is 46.0. The zero-order valence-corrected chi connectivity index (χ0v) is 43.4. The van der Waals surface area contributed by atoms with Gasteiger partial charge in [0.25, 0.3) is 0 Å². The second-order valence-electron chi connectivity index (χ2n) is 20.8. The summed E-state index contributed by atoms with van der Waals surface area (Å²) in [6.07, 6.45) is 0. The normalized spacial score (nSPS) is 11.5. The summed E-state index contributed by atoms with van der Waals surface area (Å²) in [5, 5.41) is 10.3. The van der Waals surface area contributed by atoms with E-state index in [1.165, 1.54) is 143 Å². The van der Waals surface area contributed by atoms with E-state index in [2.05, 4.69) is 314 Å². The van der Waals surface area contributed by atoms with Crippen LogP contribution in [0.1, 0.15) is 0 Å². The Bertz CT molecular complexity index is 4670. The molecule has 0 aliphatic heterocycles. The van der Waals surface area contributed by atoms with E-state index in [-0.39, 0.29) is 0 Å². The first-order valence-electron chi connectivity index (χ1n) is 27.3.